The summed E-state index contributed by atoms with van der Waals surface area (Å²) in [6.07, 6.45) is 0.940. The Morgan fingerprint density at radius 1 is 1.18 bits per heavy atom. The molecule has 0 spiro atoms. The van der Waals surface area contributed by atoms with Gasteiger partial charge in [-0.3, -0.25) is 9.69 Å². The maximum absolute atomic E-state index is 13.2. The van der Waals surface area contributed by atoms with Crippen molar-refractivity contribution in [3.05, 3.63) is 64.1 Å². The van der Waals surface area contributed by atoms with Gasteiger partial charge in [0.15, 0.2) is 0 Å². The van der Waals surface area contributed by atoms with E-state index in [9.17, 15) is 4.79 Å². The Morgan fingerprint density at radius 2 is 1.93 bits per heavy atom. The summed E-state index contributed by atoms with van der Waals surface area (Å²) in [5.41, 5.74) is 1.80. The van der Waals surface area contributed by atoms with Crippen LogP contribution in [0.4, 0.5) is 0 Å². The zero-order valence-corrected chi connectivity index (χ0v) is 17.9. The van der Waals surface area contributed by atoms with Crippen LogP contribution in [0.5, 0.6) is 5.75 Å². The lowest BCUT2D eigenvalue weighted by molar-refractivity contribution is 0.0355. The second-order valence-electron chi connectivity index (χ2n) is 6.89. The third-order valence-corrected chi connectivity index (χ3v) is 5.39. The van der Waals surface area contributed by atoms with Crippen molar-refractivity contribution in [3.63, 3.8) is 0 Å². The quantitative estimate of drug-likeness (QED) is 0.617. The van der Waals surface area contributed by atoms with Crippen molar-refractivity contribution in [2.75, 3.05) is 46.5 Å². The van der Waals surface area contributed by atoms with E-state index >= 15 is 0 Å². The van der Waals surface area contributed by atoms with Gasteiger partial charge in [-0.25, -0.2) is 0 Å². The number of amides is 1. The Bertz CT molecular complexity index is 761. The molecule has 3 rings (SSSR count). The van der Waals surface area contributed by atoms with Crippen molar-refractivity contribution in [2.45, 2.75) is 13.0 Å². The zero-order chi connectivity index (χ0) is 19.8. The van der Waals surface area contributed by atoms with Crippen LogP contribution in [-0.4, -0.2) is 62.2 Å². The summed E-state index contributed by atoms with van der Waals surface area (Å²) >= 11 is 3.46. The van der Waals surface area contributed by atoms with Crippen LogP contribution in [0.3, 0.4) is 0 Å². The van der Waals surface area contributed by atoms with E-state index < -0.39 is 0 Å². The summed E-state index contributed by atoms with van der Waals surface area (Å²) in [6, 6.07) is 15.5. The first-order valence-electron chi connectivity index (χ1n) is 9.63. The van der Waals surface area contributed by atoms with Crippen molar-refractivity contribution in [1.29, 1.82) is 0 Å². The standard InChI is InChI=1S/C22H27BrN2O3/c1-27-21-8-6-18(7-9-21)17-25(11-3-10-24-12-14-28-15-13-24)22(26)19-4-2-5-20(23)16-19/h2,4-9,16H,3,10-15,17H2,1H3. The molecule has 6 heteroatoms. The van der Waals surface area contributed by atoms with Gasteiger partial charge < -0.3 is 14.4 Å². The van der Waals surface area contributed by atoms with Crippen LogP contribution < -0.4 is 4.74 Å². The molecule has 0 N–H and O–H groups in total. The van der Waals surface area contributed by atoms with Crippen LogP contribution in [0, 0.1) is 0 Å². The average Bonchev–Trinajstić information content (AvgIpc) is 2.74. The summed E-state index contributed by atoms with van der Waals surface area (Å²) in [6.45, 7) is 5.82. The first kappa shape index (κ1) is 20.8. The van der Waals surface area contributed by atoms with Crippen LogP contribution in [-0.2, 0) is 11.3 Å². The molecule has 2 aromatic carbocycles. The summed E-state index contributed by atoms with van der Waals surface area (Å²) in [7, 11) is 1.66. The molecule has 0 saturated carbocycles. The van der Waals surface area contributed by atoms with Gasteiger partial charge in [0, 0.05) is 42.8 Å². The number of hydrogen-bond acceptors (Lipinski definition) is 4. The van der Waals surface area contributed by atoms with Gasteiger partial charge in [0.2, 0.25) is 0 Å². The molecule has 1 saturated heterocycles. The number of carbonyl (C=O) groups is 1. The van der Waals surface area contributed by atoms with E-state index in [0.717, 1.165) is 55.1 Å². The van der Waals surface area contributed by atoms with Gasteiger partial charge in [-0.15, -0.1) is 0 Å². The normalized spacial score (nSPS) is 14.6. The number of benzene rings is 2. The third-order valence-electron chi connectivity index (χ3n) is 4.90. The molecule has 1 fully saturated rings. The van der Waals surface area contributed by atoms with E-state index in [0.29, 0.717) is 18.7 Å². The summed E-state index contributed by atoms with van der Waals surface area (Å²) in [5.74, 6) is 0.875. The molecule has 0 bridgehead atoms. The van der Waals surface area contributed by atoms with Gasteiger partial charge in [-0.05, 0) is 42.3 Å². The molecule has 1 heterocycles. The molecular formula is C22H27BrN2O3. The Kier molecular flexibility index (Phi) is 7.89. The molecule has 28 heavy (non-hydrogen) atoms. The molecule has 0 unspecified atom stereocenters. The van der Waals surface area contributed by atoms with E-state index in [-0.39, 0.29) is 5.91 Å². The molecule has 1 amide bonds. The van der Waals surface area contributed by atoms with Crippen molar-refractivity contribution in [2.24, 2.45) is 0 Å². The molecule has 150 valence electrons. The van der Waals surface area contributed by atoms with E-state index in [1.54, 1.807) is 7.11 Å². The molecule has 2 aromatic rings. The fourth-order valence-corrected chi connectivity index (χ4v) is 3.72. The number of hydrogen-bond donors (Lipinski definition) is 0. The van der Waals surface area contributed by atoms with Gasteiger partial charge in [-0.1, -0.05) is 34.1 Å². The zero-order valence-electron chi connectivity index (χ0n) is 16.3. The van der Waals surface area contributed by atoms with Crippen LogP contribution in [0.1, 0.15) is 22.3 Å². The maximum atomic E-state index is 13.2. The van der Waals surface area contributed by atoms with Gasteiger partial charge in [0.25, 0.3) is 5.91 Å². The highest BCUT2D eigenvalue weighted by atomic mass is 79.9. The lowest BCUT2D eigenvalue weighted by Gasteiger charge is -2.28. The van der Waals surface area contributed by atoms with Gasteiger partial charge in [0.05, 0.1) is 20.3 Å². The molecule has 0 atom stereocenters. The second-order valence-corrected chi connectivity index (χ2v) is 7.81. The van der Waals surface area contributed by atoms with Crippen molar-refractivity contribution in [3.8, 4) is 5.75 Å². The number of nitrogens with zero attached hydrogens (tertiary/aromatic N) is 2. The number of rotatable bonds is 8. The van der Waals surface area contributed by atoms with Crippen LogP contribution in [0.2, 0.25) is 0 Å². The molecule has 0 aliphatic carbocycles. The van der Waals surface area contributed by atoms with Crippen LogP contribution in [0.15, 0.2) is 53.0 Å². The van der Waals surface area contributed by atoms with Gasteiger partial charge in [-0.2, -0.15) is 0 Å². The lowest BCUT2D eigenvalue weighted by atomic mass is 10.1. The predicted octanol–water partition coefficient (Wildman–Crippen LogP) is 3.82. The van der Waals surface area contributed by atoms with Gasteiger partial charge in [0.1, 0.15) is 5.75 Å². The number of carbonyl (C=O) groups excluding carboxylic acids is 1. The van der Waals surface area contributed by atoms with Crippen LogP contribution >= 0.6 is 15.9 Å². The topological polar surface area (TPSA) is 42.0 Å². The largest absolute Gasteiger partial charge is 0.497 e. The monoisotopic (exact) mass is 446 g/mol. The highest BCUT2D eigenvalue weighted by Crippen LogP contribution is 2.17. The van der Waals surface area contributed by atoms with E-state index in [1.807, 2.05) is 53.4 Å². The van der Waals surface area contributed by atoms with Crippen molar-refractivity contribution in [1.82, 2.24) is 9.80 Å². The lowest BCUT2D eigenvalue weighted by Crippen LogP contribution is -2.39. The van der Waals surface area contributed by atoms with E-state index in [4.69, 9.17) is 9.47 Å². The number of methoxy groups -OCH3 is 1. The molecule has 0 radical (unpaired) electrons. The highest BCUT2D eigenvalue weighted by molar-refractivity contribution is 9.10. The van der Waals surface area contributed by atoms with Gasteiger partial charge >= 0.3 is 0 Å². The van der Waals surface area contributed by atoms with Crippen molar-refractivity contribution >= 4 is 21.8 Å². The molecule has 1 aliphatic heterocycles. The Hall–Kier alpha value is -1.89. The van der Waals surface area contributed by atoms with Crippen LogP contribution in [0.25, 0.3) is 0 Å². The highest BCUT2D eigenvalue weighted by Gasteiger charge is 2.17. The Morgan fingerprint density at radius 3 is 2.61 bits per heavy atom. The SMILES string of the molecule is COc1ccc(CN(CCCN2CCOCC2)C(=O)c2cccc(Br)c2)cc1. The smallest absolute Gasteiger partial charge is 0.254 e. The molecule has 1 aliphatic rings. The Labute approximate surface area is 175 Å². The number of morpholine rings is 1. The minimum atomic E-state index is 0.0547. The molecule has 5 nitrogen and oxygen atoms in total. The maximum Gasteiger partial charge on any atom is 0.254 e. The first-order chi connectivity index (χ1) is 13.7. The molecule has 0 aromatic heterocycles. The fraction of sp³-hybridized carbons (Fsp3) is 0.409. The predicted molar refractivity (Wildman–Crippen MR) is 114 cm³/mol. The van der Waals surface area contributed by atoms with E-state index in [1.165, 1.54) is 0 Å². The molecular weight excluding hydrogens is 420 g/mol. The van der Waals surface area contributed by atoms with Crippen molar-refractivity contribution < 1.29 is 14.3 Å². The number of halogens is 1. The first-order valence-corrected chi connectivity index (χ1v) is 10.4. The average molecular weight is 447 g/mol. The van der Waals surface area contributed by atoms with E-state index in [2.05, 4.69) is 20.8 Å². The minimum absolute atomic E-state index is 0.0547. The number of ether oxygens (including phenoxy) is 2. The third kappa shape index (κ3) is 6.06. The summed E-state index contributed by atoms with van der Waals surface area (Å²) in [4.78, 5) is 17.5. The second kappa shape index (κ2) is 10.6. The fourth-order valence-electron chi connectivity index (χ4n) is 3.32. The summed E-state index contributed by atoms with van der Waals surface area (Å²) < 4.78 is 11.6. The summed E-state index contributed by atoms with van der Waals surface area (Å²) in [5, 5.41) is 0. The minimum Gasteiger partial charge on any atom is -0.497 e. The Balaban J connectivity index is 1.67.